The van der Waals surface area contributed by atoms with Gasteiger partial charge in [0, 0.05) is 12.6 Å². The second-order valence-corrected chi connectivity index (χ2v) is 4.44. The predicted octanol–water partition coefficient (Wildman–Crippen LogP) is 2.51. The molecule has 1 aromatic heterocycles. The fourth-order valence-electron chi connectivity index (χ4n) is 1.34. The minimum Gasteiger partial charge on any atom is -0.373 e. The van der Waals surface area contributed by atoms with Crippen molar-refractivity contribution in [2.75, 3.05) is 13.2 Å². The van der Waals surface area contributed by atoms with E-state index in [1.165, 1.54) is 0 Å². The Kier molecular flexibility index (Phi) is 6.58. The van der Waals surface area contributed by atoms with Gasteiger partial charge in [0.2, 0.25) is 0 Å². The molecule has 0 amide bonds. The Morgan fingerprint density at radius 3 is 3.12 bits per heavy atom. The molecule has 0 spiro atoms. The van der Waals surface area contributed by atoms with Crippen molar-refractivity contribution in [2.45, 2.75) is 33.4 Å². The van der Waals surface area contributed by atoms with Crippen LogP contribution in [-0.4, -0.2) is 18.3 Å². The van der Waals surface area contributed by atoms with Crippen LogP contribution in [0.15, 0.2) is 23.2 Å². The molecule has 0 saturated carbocycles. The molecule has 0 aromatic carbocycles. The van der Waals surface area contributed by atoms with Gasteiger partial charge in [-0.25, -0.2) is 0 Å². The zero-order valence-corrected chi connectivity index (χ0v) is 10.7. The SMILES string of the molecule is C=CCCOCc1cc(CNCC(C)C)no1. The maximum absolute atomic E-state index is 5.39. The van der Waals surface area contributed by atoms with E-state index < -0.39 is 0 Å². The summed E-state index contributed by atoms with van der Waals surface area (Å²) in [5.74, 6) is 1.42. The van der Waals surface area contributed by atoms with E-state index in [1.54, 1.807) is 0 Å². The monoisotopic (exact) mass is 238 g/mol. The summed E-state index contributed by atoms with van der Waals surface area (Å²) < 4.78 is 10.6. The molecule has 96 valence electrons. The van der Waals surface area contributed by atoms with Crippen molar-refractivity contribution in [3.8, 4) is 0 Å². The first-order valence-electron chi connectivity index (χ1n) is 6.06. The fraction of sp³-hybridized carbons (Fsp3) is 0.615. The molecule has 1 heterocycles. The van der Waals surface area contributed by atoms with Gasteiger partial charge < -0.3 is 14.6 Å². The maximum Gasteiger partial charge on any atom is 0.162 e. The first-order chi connectivity index (χ1) is 8.22. The highest BCUT2D eigenvalue weighted by atomic mass is 16.5. The van der Waals surface area contributed by atoms with Crippen LogP contribution >= 0.6 is 0 Å². The van der Waals surface area contributed by atoms with Crippen molar-refractivity contribution in [1.29, 1.82) is 0 Å². The van der Waals surface area contributed by atoms with Crippen LogP contribution in [0.5, 0.6) is 0 Å². The lowest BCUT2D eigenvalue weighted by Gasteiger charge is -2.04. The Bertz CT molecular complexity index is 321. The summed E-state index contributed by atoms with van der Waals surface area (Å²) in [5, 5.41) is 7.29. The molecule has 0 unspecified atom stereocenters. The Morgan fingerprint density at radius 2 is 2.41 bits per heavy atom. The summed E-state index contributed by atoms with van der Waals surface area (Å²) >= 11 is 0. The molecule has 4 nitrogen and oxygen atoms in total. The maximum atomic E-state index is 5.39. The van der Waals surface area contributed by atoms with Gasteiger partial charge in [-0.15, -0.1) is 6.58 Å². The van der Waals surface area contributed by atoms with Crippen LogP contribution in [0.2, 0.25) is 0 Å². The molecule has 0 aliphatic heterocycles. The zero-order chi connectivity index (χ0) is 12.5. The fourth-order valence-corrected chi connectivity index (χ4v) is 1.34. The number of aromatic nitrogens is 1. The summed E-state index contributed by atoms with van der Waals surface area (Å²) in [5.41, 5.74) is 0.924. The molecule has 0 radical (unpaired) electrons. The van der Waals surface area contributed by atoms with Crippen LogP contribution in [0.3, 0.4) is 0 Å². The third-order valence-electron chi connectivity index (χ3n) is 2.18. The molecule has 1 N–H and O–H groups in total. The van der Waals surface area contributed by atoms with Crippen molar-refractivity contribution >= 4 is 0 Å². The predicted molar refractivity (Wildman–Crippen MR) is 67.5 cm³/mol. The van der Waals surface area contributed by atoms with Gasteiger partial charge in [-0.2, -0.15) is 0 Å². The molecule has 0 aliphatic carbocycles. The van der Waals surface area contributed by atoms with E-state index in [0.29, 0.717) is 19.1 Å². The normalized spacial score (nSPS) is 11.0. The summed E-state index contributed by atoms with van der Waals surface area (Å²) in [6.45, 7) is 10.9. The highest BCUT2D eigenvalue weighted by Crippen LogP contribution is 2.05. The van der Waals surface area contributed by atoms with Crippen LogP contribution in [-0.2, 0) is 17.9 Å². The number of ether oxygens (including phenoxy) is 1. The first kappa shape index (κ1) is 13.9. The number of nitrogens with one attached hydrogen (secondary N) is 1. The van der Waals surface area contributed by atoms with Crippen molar-refractivity contribution in [1.82, 2.24) is 10.5 Å². The smallest absolute Gasteiger partial charge is 0.162 e. The number of rotatable bonds is 9. The molecule has 1 aromatic rings. The zero-order valence-electron chi connectivity index (χ0n) is 10.7. The van der Waals surface area contributed by atoms with Gasteiger partial charge in [-0.05, 0) is 18.9 Å². The third kappa shape index (κ3) is 6.24. The molecule has 1 rings (SSSR count). The second-order valence-electron chi connectivity index (χ2n) is 4.44. The largest absolute Gasteiger partial charge is 0.373 e. The van der Waals surface area contributed by atoms with Crippen molar-refractivity contribution in [2.24, 2.45) is 5.92 Å². The number of hydrogen-bond donors (Lipinski definition) is 1. The molecule has 0 saturated heterocycles. The molecule has 0 fully saturated rings. The van der Waals surface area contributed by atoms with Gasteiger partial charge >= 0.3 is 0 Å². The van der Waals surface area contributed by atoms with Gasteiger partial charge in [-0.1, -0.05) is 25.1 Å². The van der Waals surface area contributed by atoms with E-state index in [0.717, 1.165) is 31.0 Å². The summed E-state index contributed by atoms with van der Waals surface area (Å²) in [4.78, 5) is 0. The van der Waals surface area contributed by atoms with E-state index in [2.05, 4.69) is 30.9 Å². The van der Waals surface area contributed by atoms with E-state index in [-0.39, 0.29) is 0 Å². The Morgan fingerprint density at radius 1 is 1.59 bits per heavy atom. The molecule has 4 heteroatoms. The van der Waals surface area contributed by atoms with Crippen LogP contribution < -0.4 is 5.32 Å². The van der Waals surface area contributed by atoms with Crippen LogP contribution in [0.1, 0.15) is 31.7 Å². The van der Waals surface area contributed by atoms with E-state index >= 15 is 0 Å². The second kappa shape index (κ2) is 8.03. The Labute approximate surface area is 103 Å². The van der Waals surface area contributed by atoms with Gasteiger partial charge in [0.25, 0.3) is 0 Å². The van der Waals surface area contributed by atoms with E-state index in [9.17, 15) is 0 Å². The molecule has 0 bridgehead atoms. The molecule has 0 atom stereocenters. The highest BCUT2D eigenvalue weighted by molar-refractivity contribution is 5.04. The van der Waals surface area contributed by atoms with Crippen LogP contribution in [0.4, 0.5) is 0 Å². The van der Waals surface area contributed by atoms with E-state index in [4.69, 9.17) is 9.26 Å². The lowest BCUT2D eigenvalue weighted by Crippen LogP contribution is -2.19. The van der Waals surface area contributed by atoms with Crippen LogP contribution in [0.25, 0.3) is 0 Å². The molecular formula is C13H22N2O2. The minimum absolute atomic E-state index is 0.477. The average molecular weight is 238 g/mol. The molecular weight excluding hydrogens is 216 g/mol. The minimum atomic E-state index is 0.477. The Balaban J connectivity index is 2.20. The Hall–Kier alpha value is -1.13. The summed E-state index contributed by atoms with van der Waals surface area (Å²) in [7, 11) is 0. The van der Waals surface area contributed by atoms with Gasteiger partial charge in [0.15, 0.2) is 5.76 Å². The lowest BCUT2D eigenvalue weighted by molar-refractivity contribution is 0.105. The van der Waals surface area contributed by atoms with Crippen molar-refractivity contribution < 1.29 is 9.26 Å². The summed E-state index contributed by atoms with van der Waals surface area (Å²) in [6, 6.07) is 1.93. The van der Waals surface area contributed by atoms with Gasteiger partial charge in [0.05, 0.1) is 12.3 Å². The number of nitrogens with zero attached hydrogens (tertiary/aromatic N) is 1. The number of hydrogen-bond acceptors (Lipinski definition) is 4. The van der Waals surface area contributed by atoms with Gasteiger partial charge in [-0.3, -0.25) is 0 Å². The highest BCUT2D eigenvalue weighted by Gasteiger charge is 2.04. The average Bonchev–Trinajstić information content (AvgIpc) is 2.72. The quantitative estimate of drug-likeness (QED) is 0.530. The molecule has 17 heavy (non-hydrogen) atoms. The van der Waals surface area contributed by atoms with Crippen LogP contribution in [0, 0.1) is 5.92 Å². The van der Waals surface area contributed by atoms with Gasteiger partial charge in [0.1, 0.15) is 6.61 Å². The standard InChI is InChI=1S/C13H22N2O2/c1-4-5-6-16-10-13-7-12(15-17-13)9-14-8-11(2)3/h4,7,11,14H,1,5-6,8-10H2,2-3H3. The lowest BCUT2D eigenvalue weighted by atomic mass is 10.2. The van der Waals surface area contributed by atoms with E-state index in [1.807, 2.05) is 12.1 Å². The molecule has 0 aliphatic rings. The summed E-state index contributed by atoms with van der Waals surface area (Å²) in [6.07, 6.45) is 2.69. The van der Waals surface area contributed by atoms with Crippen molar-refractivity contribution in [3.05, 3.63) is 30.2 Å². The third-order valence-corrected chi connectivity index (χ3v) is 2.18. The first-order valence-corrected chi connectivity index (χ1v) is 6.06. The topological polar surface area (TPSA) is 47.3 Å². The van der Waals surface area contributed by atoms with Crippen molar-refractivity contribution in [3.63, 3.8) is 0 Å².